The van der Waals surface area contributed by atoms with Gasteiger partial charge in [0.25, 0.3) is 0 Å². The van der Waals surface area contributed by atoms with Gasteiger partial charge in [0, 0.05) is 45.6 Å². The van der Waals surface area contributed by atoms with Crippen LogP contribution in [0.25, 0.3) is 0 Å². The number of nitrogens with zero attached hydrogens (tertiary/aromatic N) is 2. The van der Waals surface area contributed by atoms with Gasteiger partial charge in [0.15, 0.2) is 5.96 Å². The van der Waals surface area contributed by atoms with Crippen molar-refractivity contribution in [2.75, 3.05) is 33.9 Å². The molecule has 0 radical (unpaired) electrons. The molecule has 1 saturated carbocycles. The smallest absolute Gasteiger partial charge is 0.218 e. The highest BCUT2D eigenvalue weighted by molar-refractivity contribution is 14.0. The molecule has 2 rings (SSSR count). The number of halogens is 1. The third-order valence-electron chi connectivity index (χ3n) is 5.09. The topological polar surface area (TPSA) is 67.8 Å². The first-order valence-corrected chi connectivity index (χ1v) is 9.73. The zero-order chi connectivity index (χ0) is 18.7. The second-order valence-electron chi connectivity index (χ2n) is 7.05. The van der Waals surface area contributed by atoms with Crippen molar-refractivity contribution in [3.63, 3.8) is 0 Å². The molecule has 2 N–H and O–H groups in total. The molecule has 1 aromatic heterocycles. The number of nitrogens with one attached hydrogen (secondary N) is 2. The van der Waals surface area contributed by atoms with Gasteiger partial charge in [0.05, 0.1) is 6.61 Å². The van der Waals surface area contributed by atoms with Gasteiger partial charge in [0.2, 0.25) is 5.88 Å². The molecule has 0 atom stereocenters. The van der Waals surface area contributed by atoms with Gasteiger partial charge in [-0.25, -0.2) is 4.98 Å². The quantitative estimate of drug-likeness (QED) is 0.297. The second-order valence-corrected chi connectivity index (χ2v) is 7.05. The van der Waals surface area contributed by atoms with Crippen LogP contribution < -0.4 is 15.4 Å². The SMILES string of the molecule is CCCOc1ncccc1CNC(=NC)NCC1(CCOC)CCCC1.I. The molecule has 1 aromatic rings. The van der Waals surface area contributed by atoms with Gasteiger partial charge in [-0.05, 0) is 37.2 Å². The Bertz CT molecular complexity index is 563. The van der Waals surface area contributed by atoms with E-state index in [-0.39, 0.29) is 24.0 Å². The Kier molecular flexibility index (Phi) is 11.7. The lowest BCUT2D eigenvalue weighted by molar-refractivity contribution is 0.138. The molecule has 0 spiro atoms. The fraction of sp³-hybridized carbons (Fsp3) is 0.700. The first kappa shape index (κ1) is 23.9. The van der Waals surface area contributed by atoms with E-state index in [1.54, 1.807) is 13.3 Å². The van der Waals surface area contributed by atoms with Crippen molar-refractivity contribution in [1.29, 1.82) is 0 Å². The van der Waals surface area contributed by atoms with E-state index in [2.05, 4.69) is 27.5 Å². The van der Waals surface area contributed by atoms with Gasteiger partial charge in [-0.3, -0.25) is 4.99 Å². The molecule has 0 aliphatic heterocycles. The summed E-state index contributed by atoms with van der Waals surface area (Å²) >= 11 is 0. The molecule has 7 heteroatoms. The van der Waals surface area contributed by atoms with Crippen LogP contribution in [0.3, 0.4) is 0 Å². The van der Waals surface area contributed by atoms with Crippen LogP contribution in [0.4, 0.5) is 0 Å². The summed E-state index contributed by atoms with van der Waals surface area (Å²) in [5.41, 5.74) is 1.37. The normalized spacial score (nSPS) is 15.9. The molecule has 27 heavy (non-hydrogen) atoms. The molecule has 0 unspecified atom stereocenters. The average Bonchev–Trinajstić information content (AvgIpc) is 3.14. The first-order valence-electron chi connectivity index (χ1n) is 9.73. The zero-order valence-electron chi connectivity index (χ0n) is 16.9. The highest BCUT2D eigenvalue weighted by atomic mass is 127. The number of ether oxygens (including phenoxy) is 2. The van der Waals surface area contributed by atoms with Gasteiger partial charge in [-0.1, -0.05) is 25.8 Å². The van der Waals surface area contributed by atoms with Crippen LogP contribution >= 0.6 is 24.0 Å². The summed E-state index contributed by atoms with van der Waals surface area (Å²) in [4.78, 5) is 8.71. The minimum atomic E-state index is 0. The van der Waals surface area contributed by atoms with Gasteiger partial charge >= 0.3 is 0 Å². The molecular formula is C20H35IN4O2. The Labute approximate surface area is 180 Å². The lowest BCUT2D eigenvalue weighted by Crippen LogP contribution is -2.43. The van der Waals surface area contributed by atoms with E-state index < -0.39 is 0 Å². The van der Waals surface area contributed by atoms with Crippen LogP contribution in [0.2, 0.25) is 0 Å². The minimum absolute atomic E-state index is 0. The van der Waals surface area contributed by atoms with E-state index >= 15 is 0 Å². The number of aliphatic imine (C=N–C) groups is 1. The predicted molar refractivity (Wildman–Crippen MR) is 121 cm³/mol. The maximum atomic E-state index is 5.73. The number of hydrogen-bond donors (Lipinski definition) is 2. The number of aromatic nitrogens is 1. The molecule has 1 heterocycles. The Morgan fingerprint density at radius 1 is 1.26 bits per heavy atom. The van der Waals surface area contributed by atoms with Crippen LogP contribution in [0, 0.1) is 5.41 Å². The molecule has 0 amide bonds. The third-order valence-corrected chi connectivity index (χ3v) is 5.09. The summed E-state index contributed by atoms with van der Waals surface area (Å²) in [6.45, 7) is 5.16. The van der Waals surface area contributed by atoms with Gasteiger partial charge in [-0.15, -0.1) is 24.0 Å². The van der Waals surface area contributed by atoms with E-state index in [1.807, 2.05) is 19.2 Å². The molecule has 154 valence electrons. The maximum absolute atomic E-state index is 5.73. The molecule has 1 fully saturated rings. The van der Waals surface area contributed by atoms with E-state index in [0.29, 0.717) is 24.4 Å². The van der Waals surface area contributed by atoms with Gasteiger partial charge in [-0.2, -0.15) is 0 Å². The minimum Gasteiger partial charge on any atom is -0.477 e. The van der Waals surface area contributed by atoms with E-state index in [9.17, 15) is 0 Å². The highest BCUT2D eigenvalue weighted by Crippen LogP contribution is 2.40. The molecule has 1 aliphatic carbocycles. The summed E-state index contributed by atoms with van der Waals surface area (Å²) in [5.74, 6) is 1.52. The van der Waals surface area contributed by atoms with Crippen molar-refractivity contribution < 1.29 is 9.47 Å². The summed E-state index contributed by atoms with van der Waals surface area (Å²) in [6.07, 6.45) is 8.98. The van der Waals surface area contributed by atoms with Crippen molar-refractivity contribution >= 4 is 29.9 Å². The van der Waals surface area contributed by atoms with Gasteiger partial charge < -0.3 is 20.1 Å². The molecular weight excluding hydrogens is 455 g/mol. The fourth-order valence-electron chi connectivity index (χ4n) is 3.52. The maximum Gasteiger partial charge on any atom is 0.218 e. The monoisotopic (exact) mass is 490 g/mol. The standard InChI is InChI=1S/C20H34N4O2.HI/c1-4-13-26-18-17(8-7-12-22-18)15-23-19(21-2)24-16-20(11-14-25-3)9-5-6-10-20;/h7-8,12H,4-6,9-11,13-16H2,1-3H3,(H2,21,23,24);1H. The van der Waals surface area contributed by atoms with E-state index in [4.69, 9.17) is 9.47 Å². The van der Waals surface area contributed by atoms with Crippen LogP contribution in [0.1, 0.15) is 51.0 Å². The second kappa shape index (κ2) is 13.1. The summed E-state index contributed by atoms with van der Waals surface area (Å²) in [6, 6.07) is 3.97. The molecule has 0 bridgehead atoms. The van der Waals surface area contributed by atoms with Crippen LogP contribution in [-0.4, -0.2) is 44.9 Å². The Hall–Kier alpha value is -1.09. The van der Waals surface area contributed by atoms with Crippen molar-refractivity contribution in [3.8, 4) is 5.88 Å². The lowest BCUT2D eigenvalue weighted by atomic mass is 9.83. The van der Waals surface area contributed by atoms with Crippen LogP contribution in [-0.2, 0) is 11.3 Å². The Balaban J connectivity index is 0.00000364. The first-order chi connectivity index (χ1) is 12.7. The fourth-order valence-corrected chi connectivity index (χ4v) is 3.52. The van der Waals surface area contributed by atoms with E-state index in [0.717, 1.165) is 37.5 Å². The van der Waals surface area contributed by atoms with Crippen LogP contribution in [0.15, 0.2) is 23.3 Å². The largest absolute Gasteiger partial charge is 0.477 e. The Morgan fingerprint density at radius 3 is 2.70 bits per heavy atom. The van der Waals surface area contributed by atoms with Crippen LogP contribution in [0.5, 0.6) is 5.88 Å². The average molecular weight is 490 g/mol. The van der Waals surface area contributed by atoms with Crippen molar-refractivity contribution in [2.24, 2.45) is 10.4 Å². The summed E-state index contributed by atoms with van der Waals surface area (Å²) < 4.78 is 11.0. The number of methoxy groups -OCH3 is 1. The van der Waals surface area contributed by atoms with Gasteiger partial charge in [0.1, 0.15) is 0 Å². The van der Waals surface area contributed by atoms with Crippen molar-refractivity contribution in [2.45, 2.75) is 52.0 Å². The number of guanidine groups is 1. The van der Waals surface area contributed by atoms with Crippen molar-refractivity contribution in [1.82, 2.24) is 15.6 Å². The highest BCUT2D eigenvalue weighted by Gasteiger charge is 2.33. The molecule has 1 aliphatic rings. The van der Waals surface area contributed by atoms with E-state index in [1.165, 1.54) is 25.7 Å². The lowest BCUT2D eigenvalue weighted by Gasteiger charge is -2.30. The van der Waals surface area contributed by atoms with Crippen molar-refractivity contribution in [3.05, 3.63) is 23.9 Å². The summed E-state index contributed by atoms with van der Waals surface area (Å²) in [7, 11) is 3.59. The number of hydrogen-bond acceptors (Lipinski definition) is 4. The predicted octanol–water partition coefficient (Wildman–Crippen LogP) is 3.75. The Morgan fingerprint density at radius 2 is 2.04 bits per heavy atom. The molecule has 0 saturated heterocycles. The zero-order valence-corrected chi connectivity index (χ0v) is 19.3. The molecule has 0 aromatic carbocycles. The molecule has 6 nitrogen and oxygen atoms in total. The third kappa shape index (κ3) is 7.81. The number of pyridine rings is 1. The number of rotatable bonds is 10. The summed E-state index contributed by atoms with van der Waals surface area (Å²) in [5, 5.41) is 6.90.